The minimum Gasteiger partial charge on any atom is -0.489 e. The zero-order valence-corrected chi connectivity index (χ0v) is 14.9. The van der Waals surface area contributed by atoms with E-state index in [4.69, 9.17) is 14.6 Å². The molecule has 1 atom stereocenters. The van der Waals surface area contributed by atoms with Crippen molar-refractivity contribution in [2.75, 3.05) is 26.2 Å². The van der Waals surface area contributed by atoms with Gasteiger partial charge in [0.25, 0.3) is 0 Å². The number of hydrogen-bond acceptors (Lipinski definition) is 5. The molecule has 1 saturated heterocycles. The molecule has 0 saturated carbocycles. The van der Waals surface area contributed by atoms with Crippen molar-refractivity contribution in [3.05, 3.63) is 59.4 Å². The Morgan fingerprint density at radius 2 is 2.31 bits per heavy atom. The van der Waals surface area contributed by atoms with Gasteiger partial charge in [-0.2, -0.15) is 0 Å². The molecule has 1 fully saturated rings. The van der Waals surface area contributed by atoms with Crippen LogP contribution in [0, 0.1) is 6.92 Å². The van der Waals surface area contributed by atoms with E-state index in [-0.39, 0.29) is 12.5 Å². The summed E-state index contributed by atoms with van der Waals surface area (Å²) >= 11 is 0. The number of aryl methyl sites for hydroxylation is 1. The number of aromatic nitrogens is 1. The van der Waals surface area contributed by atoms with Gasteiger partial charge in [0.05, 0.1) is 19.1 Å². The van der Waals surface area contributed by atoms with E-state index in [9.17, 15) is 4.79 Å². The average Bonchev–Trinajstić information content (AvgIpc) is 2.66. The fourth-order valence-corrected chi connectivity index (χ4v) is 3.10. The van der Waals surface area contributed by atoms with Crippen LogP contribution >= 0.6 is 0 Å². The van der Waals surface area contributed by atoms with Gasteiger partial charge in [-0.15, -0.1) is 0 Å². The summed E-state index contributed by atoms with van der Waals surface area (Å²) in [7, 11) is 0. The highest BCUT2D eigenvalue weighted by Crippen LogP contribution is 2.28. The molecule has 3 rings (SSSR count). The first-order valence-corrected chi connectivity index (χ1v) is 8.80. The predicted molar refractivity (Wildman–Crippen MR) is 97.1 cm³/mol. The van der Waals surface area contributed by atoms with Gasteiger partial charge < -0.3 is 14.6 Å². The fourth-order valence-electron chi connectivity index (χ4n) is 3.10. The van der Waals surface area contributed by atoms with Crippen molar-refractivity contribution in [1.29, 1.82) is 0 Å². The van der Waals surface area contributed by atoms with Crippen molar-refractivity contribution < 1.29 is 19.4 Å². The number of aliphatic carboxylic acids is 1. The third-order valence-corrected chi connectivity index (χ3v) is 4.51. The molecule has 2 aromatic rings. The van der Waals surface area contributed by atoms with Gasteiger partial charge in [-0.25, -0.2) is 0 Å². The number of benzene rings is 1. The number of ether oxygens (including phenoxy) is 2. The zero-order valence-electron chi connectivity index (χ0n) is 14.9. The highest BCUT2D eigenvalue weighted by Gasteiger charge is 2.23. The molecule has 1 aliphatic heterocycles. The van der Waals surface area contributed by atoms with Crippen LogP contribution in [0.3, 0.4) is 0 Å². The monoisotopic (exact) mass is 356 g/mol. The van der Waals surface area contributed by atoms with Gasteiger partial charge in [0.1, 0.15) is 12.4 Å². The molecular weight excluding hydrogens is 332 g/mol. The number of carbonyl (C=O) groups is 1. The Morgan fingerprint density at radius 3 is 3.04 bits per heavy atom. The third kappa shape index (κ3) is 5.03. The Kier molecular flexibility index (Phi) is 6.20. The highest BCUT2D eigenvalue weighted by atomic mass is 16.5. The Morgan fingerprint density at radius 1 is 1.42 bits per heavy atom. The molecule has 1 aliphatic rings. The van der Waals surface area contributed by atoms with E-state index < -0.39 is 5.97 Å². The summed E-state index contributed by atoms with van der Waals surface area (Å²) in [6.45, 7) is 5.18. The molecule has 26 heavy (non-hydrogen) atoms. The van der Waals surface area contributed by atoms with Crippen LogP contribution in [0.5, 0.6) is 5.75 Å². The molecule has 0 bridgehead atoms. The first-order chi connectivity index (χ1) is 12.6. The van der Waals surface area contributed by atoms with Gasteiger partial charge in [0, 0.05) is 37.6 Å². The minimum atomic E-state index is -0.764. The first kappa shape index (κ1) is 18.4. The summed E-state index contributed by atoms with van der Waals surface area (Å²) in [6.07, 6.45) is 3.66. The Bertz CT molecular complexity index is 736. The summed E-state index contributed by atoms with van der Waals surface area (Å²) in [4.78, 5) is 17.0. The summed E-state index contributed by atoms with van der Waals surface area (Å²) in [5, 5.41) is 8.86. The summed E-state index contributed by atoms with van der Waals surface area (Å²) in [5.41, 5.74) is 3.26. The van der Waals surface area contributed by atoms with Gasteiger partial charge >= 0.3 is 5.97 Å². The molecule has 6 nitrogen and oxygen atoms in total. The molecule has 0 amide bonds. The maximum absolute atomic E-state index is 10.8. The summed E-state index contributed by atoms with van der Waals surface area (Å²) in [6, 6.07) is 9.89. The van der Waals surface area contributed by atoms with Gasteiger partial charge in [0.15, 0.2) is 0 Å². The Balaban J connectivity index is 1.60. The molecule has 0 unspecified atom stereocenters. The first-order valence-electron chi connectivity index (χ1n) is 8.80. The van der Waals surface area contributed by atoms with E-state index in [0.717, 1.165) is 29.0 Å². The maximum Gasteiger partial charge on any atom is 0.304 e. The van der Waals surface area contributed by atoms with E-state index in [1.54, 1.807) is 12.4 Å². The van der Waals surface area contributed by atoms with Gasteiger partial charge in [-0.1, -0.05) is 12.1 Å². The van der Waals surface area contributed by atoms with E-state index in [1.165, 1.54) is 0 Å². The van der Waals surface area contributed by atoms with Crippen LogP contribution in [-0.2, 0) is 16.1 Å². The Hall–Kier alpha value is -2.44. The van der Waals surface area contributed by atoms with Crippen molar-refractivity contribution in [2.24, 2.45) is 0 Å². The highest BCUT2D eigenvalue weighted by molar-refractivity contribution is 5.66. The zero-order chi connectivity index (χ0) is 18.4. The molecule has 138 valence electrons. The second kappa shape index (κ2) is 8.78. The van der Waals surface area contributed by atoms with Crippen LogP contribution < -0.4 is 4.74 Å². The summed E-state index contributed by atoms with van der Waals surface area (Å²) < 4.78 is 11.8. The molecule has 1 N–H and O–H groups in total. The normalized spacial score (nSPS) is 17.8. The standard InChI is InChI=1S/C20H24N2O4/c1-15-11-17(26-14-16-3-2-7-21-12-16)4-5-18(15)19-13-22(9-10-25-19)8-6-20(23)24/h2-5,7,11-12,19H,6,8-10,13-14H2,1H3,(H,23,24)/t19-/m1/s1. The van der Waals surface area contributed by atoms with Crippen molar-refractivity contribution >= 4 is 5.97 Å². The number of rotatable bonds is 7. The van der Waals surface area contributed by atoms with E-state index in [0.29, 0.717) is 26.3 Å². The average molecular weight is 356 g/mol. The molecule has 0 radical (unpaired) electrons. The molecule has 6 heteroatoms. The van der Waals surface area contributed by atoms with E-state index >= 15 is 0 Å². The number of nitrogens with zero attached hydrogens (tertiary/aromatic N) is 2. The second-order valence-corrected chi connectivity index (χ2v) is 6.47. The molecule has 1 aromatic carbocycles. The van der Waals surface area contributed by atoms with Crippen molar-refractivity contribution in [2.45, 2.75) is 26.1 Å². The molecular formula is C20H24N2O4. The topological polar surface area (TPSA) is 71.9 Å². The van der Waals surface area contributed by atoms with Crippen molar-refractivity contribution in [1.82, 2.24) is 9.88 Å². The summed E-state index contributed by atoms with van der Waals surface area (Å²) in [5.74, 6) is 0.0491. The number of carboxylic acid groups (broad SMARTS) is 1. The SMILES string of the molecule is Cc1cc(OCc2cccnc2)ccc1[C@H]1CN(CCC(=O)O)CCO1. The van der Waals surface area contributed by atoms with Crippen LogP contribution in [0.4, 0.5) is 0 Å². The third-order valence-electron chi connectivity index (χ3n) is 4.51. The van der Waals surface area contributed by atoms with Gasteiger partial charge in [0.2, 0.25) is 0 Å². The Labute approximate surface area is 153 Å². The van der Waals surface area contributed by atoms with Crippen molar-refractivity contribution in [3.8, 4) is 5.75 Å². The van der Waals surface area contributed by atoms with Crippen LogP contribution in [-0.4, -0.2) is 47.2 Å². The van der Waals surface area contributed by atoms with Crippen LogP contribution in [0.2, 0.25) is 0 Å². The lowest BCUT2D eigenvalue weighted by Gasteiger charge is -2.33. The number of hydrogen-bond donors (Lipinski definition) is 1. The number of pyridine rings is 1. The van der Waals surface area contributed by atoms with Gasteiger partial charge in [-0.05, 0) is 36.2 Å². The molecule has 2 heterocycles. The molecule has 1 aromatic heterocycles. The largest absolute Gasteiger partial charge is 0.489 e. The maximum atomic E-state index is 10.8. The minimum absolute atomic E-state index is 0.0371. The lowest BCUT2D eigenvalue weighted by Crippen LogP contribution is -2.39. The van der Waals surface area contributed by atoms with Crippen LogP contribution in [0.15, 0.2) is 42.7 Å². The quantitative estimate of drug-likeness (QED) is 0.822. The number of morpholine rings is 1. The van der Waals surface area contributed by atoms with E-state index in [1.807, 2.05) is 37.3 Å². The smallest absolute Gasteiger partial charge is 0.304 e. The molecule has 0 aliphatic carbocycles. The van der Waals surface area contributed by atoms with Gasteiger partial charge in [-0.3, -0.25) is 14.7 Å². The van der Waals surface area contributed by atoms with Crippen LogP contribution in [0.25, 0.3) is 0 Å². The lowest BCUT2D eigenvalue weighted by atomic mass is 10.0. The predicted octanol–water partition coefficient (Wildman–Crippen LogP) is 2.82. The second-order valence-electron chi connectivity index (χ2n) is 6.47. The molecule has 0 spiro atoms. The van der Waals surface area contributed by atoms with Crippen molar-refractivity contribution in [3.63, 3.8) is 0 Å². The fraction of sp³-hybridized carbons (Fsp3) is 0.400. The number of carboxylic acids is 1. The van der Waals surface area contributed by atoms with Crippen LogP contribution in [0.1, 0.15) is 29.2 Å². The lowest BCUT2D eigenvalue weighted by molar-refractivity contribution is -0.137. The van der Waals surface area contributed by atoms with E-state index in [2.05, 4.69) is 9.88 Å².